The number of para-hydroxylation sites is 1. The van der Waals surface area contributed by atoms with Crippen molar-refractivity contribution in [3.05, 3.63) is 65.2 Å². The summed E-state index contributed by atoms with van der Waals surface area (Å²) in [6.07, 6.45) is 1.19. The highest BCUT2D eigenvalue weighted by atomic mass is 16.6. The lowest BCUT2D eigenvalue weighted by Gasteiger charge is -2.33. The van der Waals surface area contributed by atoms with E-state index in [9.17, 15) is 9.59 Å². The van der Waals surface area contributed by atoms with Crippen LogP contribution in [0.2, 0.25) is 0 Å². The number of carbonyl (C=O) groups excluding carboxylic acids is 2. The Labute approximate surface area is 135 Å². The Kier molecular flexibility index (Phi) is 3.90. The van der Waals surface area contributed by atoms with Gasteiger partial charge in [0.05, 0.1) is 5.56 Å². The summed E-state index contributed by atoms with van der Waals surface area (Å²) in [4.78, 5) is 24.9. The molecule has 0 saturated heterocycles. The van der Waals surface area contributed by atoms with Crippen molar-refractivity contribution in [2.24, 2.45) is 0 Å². The molecule has 23 heavy (non-hydrogen) atoms. The largest absolute Gasteiger partial charge is 0.445 e. The molecule has 1 amide bonds. The van der Waals surface area contributed by atoms with E-state index in [1.165, 1.54) is 0 Å². The van der Waals surface area contributed by atoms with Crippen LogP contribution in [0, 0.1) is 0 Å². The number of esters is 1. The number of carbonyl (C=O) groups is 2. The minimum atomic E-state index is -1.20. The molecule has 1 heterocycles. The van der Waals surface area contributed by atoms with Crippen LogP contribution in [-0.2, 0) is 22.4 Å². The van der Waals surface area contributed by atoms with Crippen LogP contribution in [-0.4, -0.2) is 17.5 Å². The first-order valence-electron chi connectivity index (χ1n) is 7.74. The first kappa shape index (κ1) is 15.3. The van der Waals surface area contributed by atoms with E-state index in [2.05, 4.69) is 5.32 Å². The monoisotopic (exact) mass is 309 g/mol. The predicted octanol–water partition coefficient (Wildman–Crippen LogP) is 3.36. The molecule has 1 aliphatic heterocycles. The van der Waals surface area contributed by atoms with E-state index in [1.807, 2.05) is 43.3 Å². The number of aryl methyl sites for hydroxylation is 1. The molecule has 1 aliphatic rings. The number of hydrogen-bond acceptors (Lipinski definition) is 3. The first-order chi connectivity index (χ1) is 11.0. The van der Waals surface area contributed by atoms with E-state index in [1.54, 1.807) is 19.1 Å². The molecule has 1 atom stereocenters. The van der Waals surface area contributed by atoms with Gasteiger partial charge in [0.25, 0.3) is 5.91 Å². The lowest BCUT2D eigenvalue weighted by atomic mass is 9.89. The lowest BCUT2D eigenvalue weighted by Crippen LogP contribution is -2.49. The van der Waals surface area contributed by atoms with Crippen molar-refractivity contribution >= 4 is 17.6 Å². The Morgan fingerprint density at radius 2 is 1.87 bits per heavy atom. The topological polar surface area (TPSA) is 55.4 Å². The summed E-state index contributed by atoms with van der Waals surface area (Å²) in [7, 11) is 0. The van der Waals surface area contributed by atoms with Crippen LogP contribution in [0.1, 0.15) is 35.3 Å². The molecule has 0 unspecified atom stereocenters. The molecule has 0 radical (unpaired) electrons. The number of benzene rings is 2. The number of anilines is 1. The molecule has 2 aromatic carbocycles. The van der Waals surface area contributed by atoms with Gasteiger partial charge in [0, 0.05) is 12.1 Å². The average molecular weight is 309 g/mol. The van der Waals surface area contributed by atoms with E-state index in [-0.39, 0.29) is 5.91 Å². The summed E-state index contributed by atoms with van der Waals surface area (Å²) >= 11 is 0. The summed E-state index contributed by atoms with van der Waals surface area (Å²) in [5.41, 5.74) is 1.98. The highest BCUT2D eigenvalue weighted by Crippen LogP contribution is 2.29. The van der Waals surface area contributed by atoms with Gasteiger partial charge in [0.1, 0.15) is 0 Å². The minimum Gasteiger partial charge on any atom is -0.445 e. The molecule has 0 saturated carbocycles. The maximum Gasteiger partial charge on any atom is 0.339 e. The molecule has 0 bridgehead atoms. The Balaban J connectivity index is 1.86. The zero-order valence-corrected chi connectivity index (χ0v) is 13.3. The third-order valence-corrected chi connectivity index (χ3v) is 4.21. The first-order valence-corrected chi connectivity index (χ1v) is 7.74. The number of hydrogen-bond donors (Lipinski definition) is 1. The number of cyclic esters (lactones) is 1. The van der Waals surface area contributed by atoms with Gasteiger partial charge in [-0.25, -0.2) is 4.79 Å². The van der Waals surface area contributed by atoms with E-state index >= 15 is 0 Å². The second-order valence-electron chi connectivity index (χ2n) is 5.92. The van der Waals surface area contributed by atoms with Crippen molar-refractivity contribution < 1.29 is 14.3 Å². The van der Waals surface area contributed by atoms with E-state index in [0.717, 1.165) is 23.2 Å². The molecule has 4 heteroatoms. The third-order valence-electron chi connectivity index (χ3n) is 4.21. The van der Waals surface area contributed by atoms with Crippen molar-refractivity contribution in [2.45, 2.75) is 32.3 Å². The van der Waals surface area contributed by atoms with Gasteiger partial charge >= 0.3 is 5.97 Å². The van der Waals surface area contributed by atoms with Gasteiger partial charge in [-0.15, -0.1) is 0 Å². The SMILES string of the molecule is CCc1ccccc1NC(=O)[C@@]1(C)Cc2ccccc2C(=O)O1. The maximum absolute atomic E-state index is 12.7. The molecule has 0 aliphatic carbocycles. The highest BCUT2D eigenvalue weighted by Gasteiger charge is 2.42. The number of fused-ring (bicyclic) bond motifs is 1. The van der Waals surface area contributed by atoms with E-state index < -0.39 is 11.6 Å². The Morgan fingerprint density at radius 3 is 2.65 bits per heavy atom. The molecule has 0 spiro atoms. The number of nitrogens with one attached hydrogen (secondary N) is 1. The van der Waals surface area contributed by atoms with Gasteiger partial charge in [-0.2, -0.15) is 0 Å². The van der Waals surface area contributed by atoms with Crippen LogP contribution in [0.4, 0.5) is 5.69 Å². The third kappa shape index (κ3) is 2.84. The molecule has 3 rings (SSSR count). The molecule has 0 aromatic heterocycles. The van der Waals surface area contributed by atoms with Crippen LogP contribution in [0.15, 0.2) is 48.5 Å². The minimum absolute atomic E-state index is 0.304. The summed E-state index contributed by atoms with van der Waals surface area (Å²) in [5.74, 6) is -0.755. The predicted molar refractivity (Wildman–Crippen MR) is 88.4 cm³/mol. The van der Waals surface area contributed by atoms with Gasteiger partial charge < -0.3 is 10.1 Å². The Morgan fingerprint density at radius 1 is 1.17 bits per heavy atom. The highest BCUT2D eigenvalue weighted by molar-refractivity contribution is 6.02. The fourth-order valence-corrected chi connectivity index (χ4v) is 2.86. The van der Waals surface area contributed by atoms with Gasteiger partial charge in [0.15, 0.2) is 5.60 Å². The molecular formula is C19H19NO3. The number of ether oxygens (including phenoxy) is 1. The summed E-state index contributed by atoms with van der Waals surface area (Å²) in [5, 5.41) is 2.91. The standard InChI is InChI=1S/C19H19NO3/c1-3-13-8-5-7-11-16(13)20-18(22)19(2)12-14-9-4-6-10-15(14)17(21)23-19/h4-11H,3,12H2,1-2H3,(H,20,22)/t19-/m1/s1. The van der Waals surface area contributed by atoms with Crippen LogP contribution in [0.3, 0.4) is 0 Å². The Hall–Kier alpha value is -2.62. The van der Waals surface area contributed by atoms with Gasteiger partial charge in [0.2, 0.25) is 0 Å². The van der Waals surface area contributed by atoms with Gasteiger partial charge in [-0.1, -0.05) is 43.3 Å². The van der Waals surface area contributed by atoms with Crippen LogP contribution in [0.25, 0.3) is 0 Å². The van der Waals surface area contributed by atoms with Crippen LogP contribution < -0.4 is 5.32 Å². The van der Waals surface area contributed by atoms with Gasteiger partial charge in [-0.05, 0) is 36.6 Å². The summed E-state index contributed by atoms with van der Waals surface area (Å²) in [6.45, 7) is 3.69. The smallest absolute Gasteiger partial charge is 0.339 e. The van der Waals surface area contributed by atoms with Gasteiger partial charge in [-0.3, -0.25) is 4.79 Å². The molecule has 2 aromatic rings. The number of amides is 1. The van der Waals surface area contributed by atoms with E-state index in [0.29, 0.717) is 12.0 Å². The quantitative estimate of drug-likeness (QED) is 0.885. The molecule has 4 nitrogen and oxygen atoms in total. The fourth-order valence-electron chi connectivity index (χ4n) is 2.86. The fraction of sp³-hybridized carbons (Fsp3) is 0.263. The molecular weight excluding hydrogens is 290 g/mol. The second-order valence-corrected chi connectivity index (χ2v) is 5.92. The maximum atomic E-state index is 12.7. The van der Waals surface area contributed by atoms with Crippen molar-refractivity contribution in [1.82, 2.24) is 0 Å². The second kappa shape index (κ2) is 5.88. The zero-order valence-electron chi connectivity index (χ0n) is 13.3. The normalized spacial score (nSPS) is 19.7. The van der Waals surface area contributed by atoms with Crippen molar-refractivity contribution in [2.75, 3.05) is 5.32 Å². The molecule has 1 N–H and O–H groups in total. The van der Waals surface area contributed by atoms with Crippen LogP contribution >= 0.6 is 0 Å². The van der Waals surface area contributed by atoms with Crippen LogP contribution in [0.5, 0.6) is 0 Å². The van der Waals surface area contributed by atoms with Crippen molar-refractivity contribution in [3.63, 3.8) is 0 Å². The Bertz CT molecular complexity index is 769. The lowest BCUT2D eigenvalue weighted by molar-refractivity contribution is -0.134. The van der Waals surface area contributed by atoms with Crippen molar-refractivity contribution in [1.29, 1.82) is 0 Å². The zero-order chi connectivity index (χ0) is 16.4. The number of rotatable bonds is 3. The summed E-state index contributed by atoms with van der Waals surface area (Å²) < 4.78 is 5.46. The summed E-state index contributed by atoms with van der Waals surface area (Å²) in [6, 6.07) is 14.9. The van der Waals surface area contributed by atoms with E-state index in [4.69, 9.17) is 4.74 Å². The molecule has 118 valence electrons. The average Bonchev–Trinajstić information content (AvgIpc) is 2.55. The van der Waals surface area contributed by atoms with Crippen molar-refractivity contribution in [3.8, 4) is 0 Å². The molecule has 0 fully saturated rings.